The summed E-state index contributed by atoms with van der Waals surface area (Å²) in [5.41, 5.74) is 5.70. The van der Waals surface area contributed by atoms with E-state index in [2.05, 4.69) is 41.8 Å². The van der Waals surface area contributed by atoms with Gasteiger partial charge in [-0.3, -0.25) is 0 Å². The molecule has 0 aliphatic carbocycles. The molecule has 0 fully saturated rings. The molecule has 0 radical (unpaired) electrons. The Balaban J connectivity index is 2.66. The Hall–Kier alpha value is -1.00. The summed E-state index contributed by atoms with van der Waals surface area (Å²) in [6.07, 6.45) is 0. The lowest BCUT2D eigenvalue weighted by Crippen LogP contribution is -1.99. The van der Waals surface area contributed by atoms with E-state index in [4.69, 9.17) is 0 Å². The van der Waals surface area contributed by atoms with Crippen LogP contribution in [0.2, 0.25) is 0 Å². The lowest BCUT2D eigenvalue weighted by Gasteiger charge is -2.07. The number of aromatic nitrogens is 2. The van der Waals surface area contributed by atoms with Crippen molar-refractivity contribution in [1.82, 2.24) is 9.97 Å². The van der Waals surface area contributed by atoms with E-state index in [-0.39, 0.29) is 0 Å². The third-order valence-corrected chi connectivity index (χ3v) is 3.21. The first-order chi connectivity index (χ1) is 8.15. The standard InChI is InChI=1S/C13H14N2S2/c1-8(2)9-3-4-10-11(5-9)15-13(7-17)12(6-16)14-10/h3-5,16-17H,1,6-7H2,2H3. The zero-order valence-corrected chi connectivity index (χ0v) is 11.4. The van der Waals surface area contributed by atoms with Crippen LogP contribution >= 0.6 is 25.3 Å². The molecule has 1 aromatic carbocycles. The number of allylic oxidation sites excluding steroid dienone is 1. The van der Waals surface area contributed by atoms with Crippen molar-refractivity contribution in [3.05, 3.63) is 41.7 Å². The van der Waals surface area contributed by atoms with Gasteiger partial charge in [0.1, 0.15) is 0 Å². The van der Waals surface area contributed by atoms with Crippen molar-refractivity contribution >= 4 is 41.9 Å². The predicted molar refractivity (Wildman–Crippen MR) is 79.6 cm³/mol. The number of rotatable bonds is 3. The SMILES string of the molecule is C=C(C)c1ccc2nc(CS)c(CS)nc2c1. The van der Waals surface area contributed by atoms with E-state index in [0.717, 1.165) is 33.6 Å². The van der Waals surface area contributed by atoms with Gasteiger partial charge >= 0.3 is 0 Å². The monoisotopic (exact) mass is 262 g/mol. The van der Waals surface area contributed by atoms with Crippen LogP contribution in [-0.2, 0) is 11.5 Å². The van der Waals surface area contributed by atoms with Crippen molar-refractivity contribution in [2.75, 3.05) is 0 Å². The minimum Gasteiger partial charge on any atom is -0.248 e. The fraction of sp³-hybridized carbons (Fsp3) is 0.231. The van der Waals surface area contributed by atoms with Crippen molar-refractivity contribution in [1.29, 1.82) is 0 Å². The highest BCUT2D eigenvalue weighted by atomic mass is 32.1. The summed E-state index contributed by atoms with van der Waals surface area (Å²) in [5.74, 6) is 1.16. The molecule has 88 valence electrons. The molecule has 2 nitrogen and oxygen atoms in total. The van der Waals surface area contributed by atoms with Gasteiger partial charge < -0.3 is 0 Å². The Bertz CT molecular complexity index is 579. The molecule has 0 aliphatic heterocycles. The van der Waals surface area contributed by atoms with E-state index >= 15 is 0 Å². The molecule has 0 amide bonds. The molecule has 1 aromatic heterocycles. The van der Waals surface area contributed by atoms with Gasteiger partial charge in [0.05, 0.1) is 22.4 Å². The third-order valence-electron chi connectivity index (χ3n) is 2.61. The first-order valence-electron chi connectivity index (χ1n) is 5.33. The van der Waals surface area contributed by atoms with Gasteiger partial charge in [-0.2, -0.15) is 25.3 Å². The summed E-state index contributed by atoms with van der Waals surface area (Å²) in [5, 5.41) is 0. The predicted octanol–water partition coefficient (Wildman–Crippen LogP) is 3.52. The van der Waals surface area contributed by atoms with Gasteiger partial charge in [0.15, 0.2) is 0 Å². The van der Waals surface area contributed by atoms with Crippen LogP contribution in [0.1, 0.15) is 23.9 Å². The fourth-order valence-corrected chi connectivity index (χ4v) is 2.15. The van der Waals surface area contributed by atoms with Crippen molar-refractivity contribution in [2.24, 2.45) is 0 Å². The largest absolute Gasteiger partial charge is 0.248 e. The van der Waals surface area contributed by atoms with Gasteiger partial charge in [0.2, 0.25) is 0 Å². The molecule has 0 N–H and O–H groups in total. The van der Waals surface area contributed by atoms with E-state index in [9.17, 15) is 0 Å². The second kappa shape index (κ2) is 5.10. The minimum absolute atomic E-state index is 0.579. The van der Waals surface area contributed by atoms with Crippen LogP contribution in [0.3, 0.4) is 0 Å². The molecule has 0 saturated heterocycles. The molecule has 0 atom stereocenters. The van der Waals surface area contributed by atoms with Gasteiger partial charge in [-0.05, 0) is 24.6 Å². The molecule has 17 heavy (non-hydrogen) atoms. The lowest BCUT2D eigenvalue weighted by molar-refractivity contribution is 1.07. The molecule has 1 heterocycles. The van der Waals surface area contributed by atoms with Crippen LogP contribution in [0.25, 0.3) is 16.6 Å². The Morgan fingerprint density at radius 2 is 1.71 bits per heavy atom. The zero-order valence-electron chi connectivity index (χ0n) is 9.64. The molecule has 0 unspecified atom stereocenters. The third kappa shape index (κ3) is 2.48. The first kappa shape index (κ1) is 12.5. The number of thiol groups is 2. The lowest BCUT2D eigenvalue weighted by atomic mass is 10.1. The Morgan fingerprint density at radius 3 is 2.24 bits per heavy atom. The van der Waals surface area contributed by atoms with Crippen LogP contribution in [0, 0.1) is 0 Å². The molecule has 0 bridgehead atoms. The van der Waals surface area contributed by atoms with Gasteiger partial charge in [-0.15, -0.1) is 0 Å². The molecular weight excluding hydrogens is 248 g/mol. The summed E-state index contributed by atoms with van der Waals surface area (Å²) in [6.45, 7) is 5.92. The quantitative estimate of drug-likeness (QED) is 0.828. The van der Waals surface area contributed by atoms with E-state index in [1.54, 1.807) is 0 Å². The molecule has 0 aliphatic rings. The molecule has 2 rings (SSSR count). The second-order valence-electron chi connectivity index (χ2n) is 3.92. The number of hydrogen-bond donors (Lipinski definition) is 2. The van der Waals surface area contributed by atoms with E-state index in [1.807, 2.05) is 25.1 Å². The fourth-order valence-electron chi connectivity index (χ4n) is 1.65. The van der Waals surface area contributed by atoms with Crippen LogP contribution < -0.4 is 0 Å². The summed E-state index contributed by atoms with van der Waals surface area (Å²) in [6, 6.07) is 6.00. The average Bonchev–Trinajstić information content (AvgIpc) is 2.36. The Morgan fingerprint density at radius 1 is 1.12 bits per heavy atom. The zero-order chi connectivity index (χ0) is 12.4. The highest BCUT2D eigenvalue weighted by Crippen LogP contribution is 2.20. The number of nitrogens with zero attached hydrogens (tertiary/aromatic N) is 2. The second-order valence-corrected chi connectivity index (χ2v) is 4.55. The van der Waals surface area contributed by atoms with Crippen molar-refractivity contribution in [3.8, 4) is 0 Å². The Kier molecular flexibility index (Phi) is 3.74. The number of fused-ring (bicyclic) bond motifs is 1. The van der Waals surface area contributed by atoms with Crippen LogP contribution in [0.15, 0.2) is 24.8 Å². The number of benzene rings is 1. The van der Waals surface area contributed by atoms with Crippen molar-refractivity contribution in [3.63, 3.8) is 0 Å². The maximum absolute atomic E-state index is 4.58. The van der Waals surface area contributed by atoms with Crippen LogP contribution in [0.4, 0.5) is 0 Å². The maximum atomic E-state index is 4.58. The smallest absolute Gasteiger partial charge is 0.0896 e. The summed E-state index contributed by atoms with van der Waals surface area (Å²) in [7, 11) is 0. The van der Waals surface area contributed by atoms with Gasteiger partial charge in [-0.25, -0.2) is 9.97 Å². The minimum atomic E-state index is 0.579. The van der Waals surface area contributed by atoms with Gasteiger partial charge in [-0.1, -0.05) is 18.2 Å². The summed E-state index contributed by atoms with van der Waals surface area (Å²) < 4.78 is 0. The van der Waals surface area contributed by atoms with Gasteiger partial charge in [0.25, 0.3) is 0 Å². The van der Waals surface area contributed by atoms with Crippen LogP contribution in [0.5, 0.6) is 0 Å². The first-order valence-corrected chi connectivity index (χ1v) is 6.59. The maximum Gasteiger partial charge on any atom is 0.0896 e. The van der Waals surface area contributed by atoms with E-state index in [0.29, 0.717) is 11.5 Å². The average molecular weight is 262 g/mol. The normalized spacial score (nSPS) is 10.8. The van der Waals surface area contributed by atoms with E-state index in [1.165, 1.54) is 0 Å². The highest BCUT2D eigenvalue weighted by Gasteiger charge is 2.07. The topological polar surface area (TPSA) is 25.8 Å². The summed E-state index contributed by atoms with van der Waals surface area (Å²) >= 11 is 8.53. The Labute approximate surface area is 112 Å². The summed E-state index contributed by atoms with van der Waals surface area (Å²) in [4.78, 5) is 9.13. The molecule has 0 saturated carbocycles. The molecule has 0 spiro atoms. The number of hydrogen-bond acceptors (Lipinski definition) is 4. The van der Waals surface area contributed by atoms with Crippen molar-refractivity contribution in [2.45, 2.75) is 18.4 Å². The van der Waals surface area contributed by atoms with Gasteiger partial charge in [0, 0.05) is 11.5 Å². The molecule has 4 heteroatoms. The van der Waals surface area contributed by atoms with Crippen molar-refractivity contribution < 1.29 is 0 Å². The molecule has 2 aromatic rings. The highest BCUT2D eigenvalue weighted by molar-refractivity contribution is 7.79. The van der Waals surface area contributed by atoms with Crippen LogP contribution in [-0.4, -0.2) is 9.97 Å². The molecular formula is C13H14N2S2. The van der Waals surface area contributed by atoms with E-state index < -0.39 is 0 Å².